The van der Waals surface area contributed by atoms with Crippen LogP contribution in [-0.2, 0) is 7.05 Å². The van der Waals surface area contributed by atoms with Crippen LogP contribution in [0, 0.1) is 19.7 Å². The number of aromatic carboxylic acids is 1. The fourth-order valence-electron chi connectivity index (χ4n) is 2.25. The highest BCUT2D eigenvalue weighted by molar-refractivity contribution is 5.94. The molecule has 0 bridgehead atoms. The Labute approximate surface area is 122 Å². The van der Waals surface area contributed by atoms with Gasteiger partial charge in [0.1, 0.15) is 17.2 Å². The zero-order chi connectivity index (χ0) is 15.7. The van der Waals surface area contributed by atoms with Crippen molar-refractivity contribution in [2.45, 2.75) is 26.8 Å². The Kier molecular flexibility index (Phi) is 3.97. The van der Waals surface area contributed by atoms with E-state index in [1.54, 1.807) is 27.0 Å². The number of halogens is 1. The van der Waals surface area contributed by atoms with Gasteiger partial charge in [0, 0.05) is 7.05 Å². The van der Waals surface area contributed by atoms with E-state index in [0.717, 1.165) is 5.56 Å². The number of nitrogens with one attached hydrogen (secondary N) is 1. The summed E-state index contributed by atoms with van der Waals surface area (Å²) in [5.74, 6) is -0.903. The molecule has 0 saturated heterocycles. The molecule has 1 aromatic heterocycles. The first kappa shape index (κ1) is 15.0. The van der Waals surface area contributed by atoms with Gasteiger partial charge in [0.25, 0.3) is 0 Å². The Bertz CT molecular complexity index is 694. The van der Waals surface area contributed by atoms with E-state index in [0.29, 0.717) is 17.1 Å². The number of carboxylic acid groups (broad SMARTS) is 1. The predicted octanol–water partition coefficient (Wildman–Crippen LogP) is 3.05. The van der Waals surface area contributed by atoms with Gasteiger partial charge < -0.3 is 10.4 Å². The summed E-state index contributed by atoms with van der Waals surface area (Å²) in [6.07, 6.45) is 0. The molecule has 1 atom stereocenters. The van der Waals surface area contributed by atoms with Gasteiger partial charge in [-0.1, -0.05) is 12.1 Å². The number of hydrogen-bond acceptors (Lipinski definition) is 3. The van der Waals surface area contributed by atoms with Crippen LogP contribution in [0.5, 0.6) is 0 Å². The van der Waals surface area contributed by atoms with Gasteiger partial charge in [-0.05, 0) is 38.0 Å². The molecular weight excluding hydrogens is 273 g/mol. The third kappa shape index (κ3) is 2.89. The summed E-state index contributed by atoms with van der Waals surface area (Å²) >= 11 is 0. The van der Waals surface area contributed by atoms with Crippen molar-refractivity contribution in [2.75, 3.05) is 5.32 Å². The molecule has 112 valence electrons. The second-order valence-corrected chi connectivity index (χ2v) is 5.11. The third-order valence-corrected chi connectivity index (χ3v) is 3.49. The van der Waals surface area contributed by atoms with Crippen molar-refractivity contribution in [1.82, 2.24) is 9.78 Å². The second kappa shape index (κ2) is 5.55. The van der Waals surface area contributed by atoms with Crippen molar-refractivity contribution in [2.24, 2.45) is 7.05 Å². The monoisotopic (exact) mass is 291 g/mol. The molecule has 0 saturated carbocycles. The van der Waals surface area contributed by atoms with Crippen molar-refractivity contribution in [3.05, 3.63) is 46.4 Å². The van der Waals surface area contributed by atoms with Gasteiger partial charge in [0.2, 0.25) is 0 Å². The zero-order valence-electron chi connectivity index (χ0n) is 12.4. The predicted molar refractivity (Wildman–Crippen MR) is 78.1 cm³/mol. The van der Waals surface area contributed by atoms with E-state index in [4.69, 9.17) is 0 Å². The van der Waals surface area contributed by atoms with Crippen molar-refractivity contribution in [3.63, 3.8) is 0 Å². The molecule has 2 rings (SSSR count). The van der Waals surface area contributed by atoms with E-state index in [1.807, 2.05) is 13.0 Å². The lowest BCUT2D eigenvalue weighted by Gasteiger charge is -2.17. The molecule has 21 heavy (non-hydrogen) atoms. The lowest BCUT2D eigenvalue weighted by molar-refractivity contribution is 0.0697. The summed E-state index contributed by atoms with van der Waals surface area (Å²) in [6.45, 7) is 5.19. The van der Waals surface area contributed by atoms with Crippen LogP contribution in [0.15, 0.2) is 18.2 Å². The fourth-order valence-corrected chi connectivity index (χ4v) is 2.25. The first-order chi connectivity index (χ1) is 9.81. The minimum Gasteiger partial charge on any atom is -0.477 e. The van der Waals surface area contributed by atoms with Gasteiger partial charge in [-0.3, -0.25) is 4.68 Å². The molecule has 0 amide bonds. The van der Waals surface area contributed by atoms with Crippen molar-refractivity contribution in [3.8, 4) is 0 Å². The molecule has 1 heterocycles. The van der Waals surface area contributed by atoms with Gasteiger partial charge in [-0.2, -0.15) is 5.10 Å². The normalized spacial score (nSPS) is 12.2. The summed E-state index contributed by atoms with van der Waals surface area (Å²) in [6, 6.07) is 4.74. The number of hydrogen-bond donors (Lipinski definition) is 2. The molecule has 0 spiro atoms. The molecule has 5 nitrogen and oxygen atoms in total. The Morgan fingerprint density at radius 3 is 2.67 bits per heavy atom. The molecule has 6 heteroatoms. The number of aromatic nitrogens is 2. The summed E-state index contributed by atoms with van der Waals surface area (Å²) in [5, 5.41) is 16.5. The maximum absolute atomic E-state index is 13.6. The number of anilines is 1. The van der Waals surface area contributed by atoms with Crippen LogP contribution < -0.4 is 5.32 Å². The first-order valence-corrected chi connectivity index (χ1v) is 6.60. The molecule has 2 N–H and O–H groups in total. The molecule has 0 aliphatic carbocycles. The average molecular weight is 291 g/mol. The van der Waals surface area contributed by atoms with E-state index < -0.39 is 5.97 Å². The first-order valence-electron chi connectivity index (χ1n) is 6.60. The molecular formula is C15H18FN3O2. The highest BCUT2D eigenvalue weighted by Gasteiger charge is 2.21. The molecule has 0 radical (unpaired) electrons. The van der Waals surface area contributed by atoms with E-state index in [-0.39, 0.29) is 17.4 Å². The summed E-state index contributed by atoms with van der Waals surface area (Å²) in [5.41, 5.74) is 1.90. The fraction of sp³-hybridized carbons (Fsp3) is 0.333. The SMILES string of the molecule is Cc1ccc(C(C)Nc2c(C(=O)O)c(C)nn2C)cc1F. The highest BCUT2D eigenvalue weighted by atomic mass is 19.1. The lowest BCUT2D eigenvalue weighted by atomic mass is 10.1. The molecule has 2 aromatic rings. The van der Waals surface area contributed by atoms with Gasteiger partial charge in [-0.15, -0.1) is 0 Å². The maximum Gasteiger partial charge on any atom is 0.341 e. The number of carboxylic acids is 1. The summed E-state index contributed by atoms with van der Waals surface area (Å²) in [7, 11) is 1.67. The summed E-state index contributed by atoms with van der Waals surface area (Å²) in [4.78, 5) is 11.3. The summed E-state index contributed by atoms with van der Waals surface area (Å²) < 4.78 is 15.1. The van der Waals surface area contributed by atoms with Crippen molar-refractivity contribution in [1.29, 1.82) is 0 Å². The van der Waals surface area contributed by atoms with Crippen LogP contribution in [0.3, 0.4) is 0 Å². The Balaban J connectivity index is 2.33. The second-order valence-electron chi connectivity index (χ2n) is 5.11. The van der Waals surface area contributed by atoms with Crippen molar-refractivity contribution >= 4 is 11.8 Å². The quantitative estimate of drug-likeness (QED) is 0.908. The van der Waals surface area contributed by atoms with Gasteiger partial charge >= 0.3 is 5.97 Å². The minimum atomic E-state index is -1.04. The lowest BCUT2D eigenvalue weighted by Crippen LogP contribution is -2.13. The van der Waals surface area contributed by atoms with Crippen LogP contribution in [0.4, 0.5) is 10.2 Å². The van der Waals surface area contributed by atoms with Crippen LogP contribution in [-0.4, -0.2) is 20.9 Å². The minimum absolute atomic E-state index is 0.136. The molecule has 0 aliphatic heterocycles. The smallest absolute Gasteiger partial charge is 0.341 e. The van der Waals surface area contributed by atoms with Crippen molar-refractivity contribution < 1.29 is 14.3 Å². The standard InChI is InChI=1S/C15H18FN3O2/c1-8-5-6-11(7-12(8)16)9(2)17-14-13(15(20)21)10(3)18-19(14)4/h5-7,9,17H,1-4H3,(H,20,21). The van der Waals surface area contributed by atoms with E-state index >= 15 is 0 Å². The Hall–Kier alpha value is -2.37. The van der Waals surface area contributed by atoms with E-state index in [1.165, 1.54) is 10.7 Å². The van der Waals surface area contributed by atoms with Gasteiger partial charge in [0.05, 0.1) is 11.7 Å². The molecule has 1 aromatic carbocycles. The average Bonchev–Trinajstić information content (AvgIpc) is 2.67. The van der Waals surface area contributed by atoms with Gasteiger partial charge in [0.15, 0.2) is 0 Å². The number of aryl methyl sites for hydroxylation is 3. The van der Waals surface area contributed by atoms with Gasteiger partial charge in [-0.25, -0.2) is 9.18 Å². The van der Waals surface area contributed by atoms with E-state index in [2.05, 4.69) is 10.4 Å². The largest absolute Gasteiger partial charge is 0.477 e. The molecule has 0 aliphatic rings. The van der Waals surface area contributed by atoms with Crippen LogP contribution in [0.25, 0.3) is 0 Å². The van der Waals surface area contributed by atoms with E-state index in [9.17, 15) is 14.3 Å². The number of benzene rings is 1. The third-order valence-electron chi connectivity index (χ3n) is 3.49. The number of nitrogens with zero attached hydrogens (tertiary/aromatic N) is 2. The Morgan fingerprint density at radius 1 is 1.43 bits per heavy atom. The van der Waals surface area contributed by atoms with Crippen LogP contribution in [0.2, 0.25) is 0 Å². The van der Waals surface area contributed by atoms with Crippen LogP contribution >= 0.6 is 0 Å². The molecule has 0 fully saturated rings. The number of rotatable bonds is 4. The highest BCUT2D eigenvalue weighted by Crippen LogP contribution is 2.25. The number of carbonyl (C=O) groups is 1. The van der Waals surface area contributed by atoms with Crippen LogP contribution in [0.1, 0.15) is 40.1 Å². The zero-order valence-corrected chi connectivity index (χ0v) is 12.4. The molecule has 1 unspecified atom stereocenters. The topological polar surface area (TPSA) is 67.2 Å². The Morgan fingerprint density at radius 2 is 2.10 bits per heavy atom. The maximum atomic E-state index is 13.6.